The number of carbonyl (C=O) groups is 2. The van der Waals surface area contributed by atoms with Gasteiger partial charge in [-0.2, -0.15) is 30.4 Å². The van der Waals surface area contributed by atoms with Crippen LogP contribution in [-0.2, 0) is 29.2 Å². The number of likely N-dealkylation sites (N-methyl/N-ethyl adjacent to an activating group) is 1. The predicted octanol–water partition coefficient (Wildman–Crippen LogP) is 1.73. The van der Waals surface area contributed by atoms with E-state index in [2.05, 4.69) is 16.1 Å². The number of nitrogens with zero attached hydrogens (tertiary/aromatic N) is 1. The van der Waals surface area contributed by atoms with Gasteiger partial charge >= 0.3 is 39.2 Å². The number of rotatable bonds is 9. The van der Waals surface area contributed by atoms with Crippen LogP contribution in [0.5, 0.6) is 0 Å². The molecule has 0 rings (SSSR count). The highest BCUT2D eigenvalue weighted by Crippen LogP contribution is 2.39. The maximum Gasteiger partial charge on any atom is 0.466 e. The molecule has 0 aromatic carbocycles. The summed E-state index contributed by atoms with van der Waals surface area (Å²) in [6.45, 7) is 3.65. The van der Waals surface area contributed by atoms with Crippen molar-refractivity contribution >= 4 is 22.0 Å². The van der Waals surface area contributed by atoms with E-state index < -0.39 is 51.9 Å². The molecule has 14 heteroatoms. The third-order valence-corrected chi connectivity index (χ3v) is 3.98. The van der Waals surface area contributed by atoms with Gasteiger partial charge in [0.1, 0.15) is 6.61 Å². The van der Waals surface area contributed by atoms with Crippen molar-refractivity contribution in [3.8, 4) is 0 Å². The Kier molecular flexibility index (Phi) is 7.91. The minimum atomic E-state index is -6.18. The molecular formula is C13H18F5NO7S. The number of hydrogen-bond donors (Lipinski definition) is 1. The molecule has 0 heterocycles. The highest BCUT2D eigenvalue weighted by molar-refractivity contribution is 7.86. The summed E-state index contributed by atoms with van der Waals surface area (Å²) in [6.07, 6.45) is -5.68. The smallest absolute Gasteiger partial charge is 0.412 e. The highest BCUT2D eigenvalue weighted by atomic mass is 32.2. The highest BCUT2D eigenvalue weighted by Gasteiger charge is 2.68. The van der Waals surface area contributed by atoms with Gasteiger partial charge in [-0.15, -0.1) is 0 Å². The van der Waals surface area contributed by atoms with Gasteiger partial charge in [0.15, 0.2) is 0 Å². The Balaban J connectivity index is 6.37. The van der Waals surface area contributed by atoms with Gasteiger partial charge in [0.05, 0.1) is 0 Å². The average molecular weight is 427 g/mol. The second-order valence-corrected chi connectivity index (χ2v) is 6.87. The number of esters is 1. The van der Waals surface area contributed by atoms with Crippen LogP contribution >= 0.6 is 0 Å². The van der Waals surface area contributed by atoms with Crippen molar-refractivity contribution in [2.24, 2.45) is 0 Å². The topological polar surface area (TPSA) is 110 Å². The monoisotopic (exact) mass is 427 g/mol. The summed E-state index contributed by atoms with van der Waals surface area (Å²) >= 11 is 0. The minimum absolute atomic E-state index is 0.212. The Bertz CT molecular complexity index is 677. The fraction of sp³-hybridized carbons (Fsp3) is 0.692. The first-order chi connectivity index (χ1) is 12.0. The van der Waals surface area contributed by atoms with Gasteiger partial charge in [0.25, 0.3) is 0 Å². The summed E-state index contributed by atoms with van der Waals surface area (Å²) in [5.41, 5.74) is 0. The van der Waals surface area contributed by atoms with Crippen LogP contribution in [0.25, 0.3) is 0 Å². The summed E-state index contributed by atoms with van der Waals surface area (Å²) in [5, 5.41) is -5.22. The molecule has 0 radical (unpaired) electrons. The average Bonchev–Trinajstić information content (AvgIpc) is 2.48. The molecule has 0 saturated carbocycles. The molecule has 1 N–H and O–H groups in total. The first-order valence-electron chi connectivity index (χ1n) is 7.18. The zero-order valence-electron chi connectivity index (χ0n) is 14.4. The van der Waals surface area contributed by atoms with Gasteiger partial charge in [-0.25, -0.2) is 4.79 Å². The molecule has 0 aliphatic rings. The molecular weight excluding hydrogens is 409 g/mol. The normalized spacial score (nSPS) is 15.2. The fourth-order valence-corrected chi connectivity index (χ4v) is 1.98. The predicted molar refractivity (Wildman–Crippen MR) is 80.0 cm³/mol. The fourth-order valence-electron chi connectivity index (χ4n) is 1.77. The van der Waals surface area contributed by atoms with E-state index in [0.29, 0.717) is 4.90 Å². The first kappa shape index (κ1) is 25.2. The Morgan fingerprint density at radius 1 is 1.22 bits per heavy atom. The molecule has 0 spiro atoms. The molecule has 0 aromatic heterocycles. The number of amides is 1. The van der Waals surface area contributed by atoms with Crippen LogP contribution in [0.15, 0.2) is 12.7 Å². The molecule has 0 saturated heterocycles. The van der Waals surface area contributed by atoms with Gasteiger partial charge in [0.2, 0.25) is 0 Å². The molecule has 0 aliphatic carbocycles. The SMILES string of the molecule is C=CC(=O)OC(OCC(F)(F)S(=O)(=O)O)(C(=O)N(CC)C(C)C)C(F)(F)F. The second kappa shape index (κ2) is 8.48. The molecule has 0 aromatic rings. The minimum Gasteiger partial charge on any atom is -0.412 e. The van der Waals surface area contributed by atoms with E-state index in [-0.39, 0.29) is 12.6 Å². The van der Waals surface area contributed by atoms with Crippen molar-refractivity contribution in [1.82, 2.24) is 4.90 Å². The lowest BCUT2D eigenvalue weighted by Gasteiger charge is -2.38. The van der Waals surface area contributed by atoms with Crippen molar-refractivity contribution in [3.05, 3.63) is 12.7 Å². The molecule has 1 unspecified atom stereocenters. The number of carbonyl (C=O) groups excluding carboxylic acids is 2. The lowest BCUT2D eigenvalue weighted by Crippen LogP contribution is -2.64. The van der Waals surface area contributed by atoms with Crippen LogP contribution in [0.3, 0.4) is 0 Å². The maximum absolute atomic E-state index is 13.6. The number of alkyl halides is 5. The summed E-state index contributed by atoms with van der Waals surface area (Å²) in [4.78, 5) is 24.2. The van der Waals surface area contributed by atoms with Crippen molar-refractivity contribution in [2.45, 2.75) is 44.0 Å². The summed E-state index contributed by atoms with van der Waals surface area (Å²) < 4.78 is 105. The van der Waals surface area contributed by atoms with Crippen molar-refractivity contribution in [3.63, 3.8) is 0 Å². The van der Waals surface area contributed by atoms with Crippen LogP contribution in [0.2, 0.25) is 0 Å². The van der Waals surface area contributed by atoms with Crippen LogP contribution < -0.4 is 0 Å². The van der Waals surface area contributed by atoms with Crippen LogP contribution in [-0.4, -0.2) is 66.2 Å². The Morgan fingerprint density at radius 2 is 1.70 bits per heavy atom. The lowest BCUT2D eigenvalue weighted by atomic mass is 10.1. The van der Waals surface area contributed by atoms with Gasteiger partial charge in [0, 0.05) is 18.7 Å². The maximum atomic E-state index is 13.6. The van der Waals surface area contributed by atoms with Crippen LogP contribution in [0.4, 0.5) is 22.0 Å². The van der Waals surface area contributed by atoms with E-state index in [1.165, 1.54) is 20.8 Å². The van der Waals surface area contributed by atoms with Crippen LogP contribution in [0.1, 0.15) is 20.8 Å². The molecule has 1 amide bonds. The zero-order valence-corrected chi connectivity index (χ0v) is 15.2. The lowest BCUT2D eigenvalue weighted by molar-refractivity contribution is -0.356. The molecule has 0 bridgehead atoms. The van der Waals surface area contributed by atoms with Gasteiger partial charge in [-0.3, -0.25) is 9.35 Å². The van der Waals surface area contributed by atoms with E-state index in [1.54, 1.807) is 0 Å². The van der Waals surface area contributed by atoms with Gasteiger partial charge in [-0.1, -0.05) is 6.58 Å². The third kappa shape index (κ3) is 5.59. The molecule has 8 nitrogen and oxygen atoms in total. The summed E-state index contributed by atoms with van der Waals surface area (Å²) in [5.74, 6) is -8.52. The Labute approximate surface area is 151 Å². The molecule has 0 aliphatic heterocycles. The summed E-state index contributed by atoms with van der Waals surface area (Å²) in [6, 6.07) is -0.905. The van der Waals surface area contributed by atoms with Crippen LogP contribution in [0, 0.1) is 0 Å². The van der Waals surface area contributed by atoms with E-state index >= 15 is 0 Å². The van der Waals surface area contributed by atoms with E-state index in [1.807, 2.05) is 0 Å². The summed E-state index contributed by atoms with van der Waals surface area (Å²) in [7, 11) is -6.18. The second-order valence-electron chi connectivity index (χ2n) is 5.33. The van der Waals surface area contributed by atoms with E-state index in [9.17, 15) is 40.0 Å². The largest absolute Gasteiger partial charge is 0.466 e. The third-order valence-electron chi connectivity index (χ3n) is 3.11. The first-order valence-corrected chi connectivity index (χ1v) is 8.62. The number of halogens is 5. The molecule has 27 heavy (non-hydrogen) atoms. The molecule has 1 atom stereocenters. The number of hydrogen-bond acceptors (Lipinski definition) is 6. The van der Waals surface area contributed by atoms with Gasteiger partial charge in [-0.05, 0) is 20.8 Å². The quantitative estimate of drug-likeness (QED) is 0.196. The standard InChI is InChI=1S/C13H18F5NO7S/c1-5-9(20)26-12(13(16,17)18,10(21)19(6-2)8(3)4)25-7-11(14,15)27(22,23)24/h5,8H,1,6-7H2,2-4H3,(H,22,23,24). The zero-order chi connectivity index (χ0) is 21.8. The molecule has 0 fully saturated rings. The van der Waals surface area contributed by atoms with E-state index in [4.69, 9.17) is 4.55 Å². The van der Waals surface area contributed by atoms with Crippen molar-refractivity contribution < 1.29 is 54.0 Å². The van der Waals surface area contributed by atoms with Gasteiger partial charge < -0.3 is 14.4 Å². The van der Waals surface area contributed by atoms with Crippen molar-refractivity contribution in [2.75, 3.05) is 13.2 Å². The Morgan fingerprint density at radius 3 is 2.00 bits per heavy atom. The van der Waals surface area contributed by atoms with Crippen molar-refractivity contribution in [1.29, 1.82) is 0 Å². The Hall–Kier alpha value is -1.80. The van der Waals surface area contributed by atoms with E-state index in [0.717, 1.165) is 0 Å². The number of ether oxygens (including phenoxy) is 2. The molecule has 158 valence electrons.